The van der Waals surface area contributed by atoms with E-state index in [2.05, 4.69) is 26.2 Å². The summed E-state index contributed by atoms with van der Waals surface area (Å²) in [6.45, 7) is 0.525. The molecule has 2 aromatic rings. The fourth-order valence-electron chi connectivity index (χ4n) is 2.22. The first kappa shape index (κ1) is 14.0. The van der Waals surface area contributed by atoms with E-state index in [1.165, 1.54) is 17.4 Å². The van der Waals surface area contributed by atoms with Crippen molar-refractivity contribution in [1.29, 1.82) is 0 Å². The summed E-state index contributed by atoms with van der Waals surface area (Å²) in [6, 6.07) is 4.53. The van der Waals surface area contributed by atoms with Gasteiger partial charge in [-0.1, -0.05) is 11.3 Å². The van der Waals surface area contributed by atoms with E-state index in [4.69, 9.17) is 5.11 Å². The zero-order valence-corrected chi connectivity index (χ0v) is 13.1. The highest BCUT2D eigenvalue weighted by Gasteiger charge is 2.26. The molecule has 0 saturated carbocycles. The van der Waals surface area contributed by atoms with Crippen molar-refractivity contribution in [3.8, 4) is 0 Å². The Hall–Kier alpha value is -1.93. The number of nitrogens with one attached hydrogen (secondary N) is 1. The van der Waals surface area contributed by atoms with Crippen LogP contribution in [0.15, 0.2) is 28.2 Å². The molecule has 0 saturated heterocycles. The molecule has 0 unspecified atom stereocenters. The molecule has 1 aliphatic heterocycles. The van der Waals surface area contributed by atoms with Crippen molar-refractivity contribution in [3.05, 3.63) is 39.3 Å². The van der Waals surface area contributed by atoms with Crippen LogP contribution in [0.1, 0.15) is 15.9 Å². The normalized spacial score (nSPS) is 13.1. The number of nitrogens with zero attached hydrogens (tertiary/aromatic N) is 2. The van der Waals surface area contributed by atoms with Gasteiger partial charge in [0, 0.05) is 12.2 Å². The fourth-order valence-corrected chi connectivity index (χ4v) is 3.31. The molecule has 1 aromatic carbocycles. The van der Waals surface area contributed by atoms with Crippen LogP contribution in [0.2, 0.25) is 0 Å². The highest BCUT2D eigenvalue weighted by molar-refractivity contribution is 9.11. The summed E-state index contributed by atoms with van der Waals surface area (Å²) in [5.41, 5.74) is 1.85. The number of hydrogen-bond acceptors (Lipinski definition) is 4. The Morgan fingerprint density at radius 3 is 2.90 bits per heavy atom. The van der Waals surface area contributed by atoms with E-state index in [9.17, 15) is 9.59 Å². The number of aromatic carboxylic acids is 1. The molecule has 2 amide bonds. The summed E-state index contributed by atoms with van der Waals surface area (Å²) >= 11 is 4.62. The lowest BCUT2D eigenvalue weighted by atomic mass is 10.1. The van der Waals surface area contributed by atoms with E-state index >= 15 is 0 Å². The predicted octanol–water partition coefficient (Wildman–Crippen LogP) is 3.20. The maximum atomic E-state index is 12.3. The number of carboxylic acids is 1. The number of amides is 2. The Balaban J connectivity index is 1.80. The van der Waals surface area contributed by atoms with Gasteiger partial charge in [-0.25, -0.2) is 14.6 Å². The van der Waals surface area contributed by atoms with Gasteiger partial charge in [0.2, 0.25) is 0 Å². The first-order chi connectivity index (χ1) is 10.0. The number of urea groups is 1. The SMILES string of the molecule is O=C(O)c1ccc2c(c1)CCN2C(=O)Nc1ncc(Br)s1. The molecule has 108 valence electrons. The van der Waals surface area contributed by atoms with Crippen LogP contribution in [0.4, 0.5) is 15.6 Å². The standard InChI is InChI=1S/C13H10BrN3O3S/c14-10-6-15-12(21-10)16-13(20)17-4-3-7-5-8(11(18)19)1-2-9(7)17/h1-2,5-6H,3-4H2,(H,18,19)(H,15,16,20). The van der Waals surface area contributed by atoms with Crippen molar-refractivity contribution in [2.75, 3.05) is 16.8 Å². The van der Waals surface area contributed by atoms with Crippen molar-refractivity contribution in [1.82, 2.24) is 4.98 Å². The molecule has 0 fully saturated rings. The van der Waals surface area contributed by atoms with Gasteiger partial charge in [-0.2, -0.15) is 0 Å². The lowest BCUT2D eigenvalue weighted by Crippen LogP contribution is -2.33. The van der Waals surface area contributed by atoms with Crippen LogP contribution in [0.5, 0.6) is 0 Å². The van der Waals surface area contributed by atoms with Gasteiger partial charge in [-0.3, -0.25) is 10.2 Å². The summed E-state index contributed by atoms with van der Waals surface area (Å²) in [5.74, 6) is -0.965. The van der Waals surface area contributed by atoms with Crippen LogP contribution in [0.3, 0.4) is 0 Å². The lowest BCUT2D eigenvalue weighted by Gasteiger charge is -2.17. The second-order valence-corrected chi connectivity index (χ2v) is 6.86. The van der Waals surface area contributed by atoms with Crippen LogP contribution < -0.4 is 10.2 Å². The minimum Gasteiger partial charge on any atom is -0.478 e. The average Bonchev–Trinajstić information content (AvgIpc) is 3.04. The van der Waals surface area contributed by atoms with E-state index in [0.29, 0.717) is 18.1 Å². The van der Waals surface area contributed by atoms with Crippen molar-refractivity contribution < 1.29 is 14.7 Å². The minimum absolute atomic E-state index is 0.236. The van der Waals surface area contributed by atoms with Gasteiger partial charge < -0.3 is 5.11 Å². The molecule has 1 aromatic heterocycles. The zero-order chi connectivity index (χ0) is 15.0. The van der Waals surface area contributed by atoms with E-state index < -0.39 is 5.97 Å². The fraction of sp³-hybridized carbons (Fsp3) is 0.154. The van der Waals surface area contributed by atoms with Gasteiger partial charge in [0.15, 0.2) is 5.13 Å². The molecule has 1 aliphatic rings. The Labute approximate surface area is 132 Å². The smallest absolute Gasteiger partial charge is 0.335 e. The number of halogens is 1. The van der Waals surface area contributed by atoms with Gasteiger partial charge in [0.25, 0.3) is 0 Å². The topological polar surface area (TPSA) is 82.5 Å². The maximum Gasteiger partial charge on any atom is 0.335 e. The van der Waals surface area contributed by atoms with Crippen LogP contribution in [0.25, 0.3) is 0 Å². The predicted molar refractivity (Wildman–Crippen MR) is 83.3 cm³/mol. The van der Waals surface area contributed by atoms with Crippen molar-refractivity contribution in [3.63, 3.8) is 0 Å². The third-order valence-corrected chi connectivity index (χ3v) is 4.55. The monoisotopic (exact) mass is 367 g/mol. The van der Waals surface area contributed by atoms with Crippen LogP contribution in [-0.2, 0) is 6.42 Å². The Bertz CT molecular complexity index is 731. The summed E-state index contributed by atoms with van der Waals surface area (Å²) in [7, 11) is 0. The number of benzene rings is 1. The summed E-state index contributed by atoms with van der Waals surface area (Å²) in [5, 5.41) is 12.2. The number of hydrogen-bond donors (Lipinski definition) is 2. The molecule has 21 heavy (non-hydrogen) atoms. The summed E-state index contributed by atoms with van der Waals surface area (Å²) in [6.07, 6.45) is 2.27. The third kappa shape index (κ3) is 2.77. The highest BCUT2D eigenvalue weighted by Crippen LogP contribution is 2.30. The van der Waals surface area contributed by atoms with Crippen molar-refractivity contribution in [2.24, 2.45) is 0 Å². The van der Waals surface area contributed by atoms with Crippen LogP contribution in [-0.4, -0.2) is 28.6 Å². The molecule has 0 bridgehead atoms. The first-order valence-corrected chi connectivity index (χ1v) is 7.71. The molecule has 6 nitrogen and oxygen atoms in total. The number of fused-ring (bicyclic) bond motifs is 1. The van der Waals surface area contributed by atoms with E-state index in [0.717, 1.165) is 15.0 Å². The van der Waals surface area contributed by atoms with Gasteiger partial charge in [0.1, 0.15) is 0 Å². The third-order valence-electron chi connectivity index (χ3n) is 3.16. The second kappa shape index (κ2) is 5.45. The van der Waals surface area contributed by atoms with E-state index in [1.807, 2.05) is 0 Å². The number of carboxylic acid groups (broad SMARTS) is 1. The Morgan fingerprint density at radius 2 is 2.24 bits per heavy atom. The Morgan fingerprint density at radius 1 is 1.43 bits per heavy atom. The first-order valence-electron chi connectivity index (χ1n) is 6.10. The van der Waals surface area contributed by atoms with E-state index in [1.54, 1.807) is 23.2 Å². The minimum atomic E-state index is -0.965. The number of thiazole rings is 1. The van der Waals surface area contributed by atoms with Gasteiger partial charge >= 0.3 is 12.0 Å². The van der Waals surface area contributed by atoms with Gasteiger partial charge in [-0.05, 0) is 46.1 Å². The van der Waals surface area contributed by atoms with Crippen LogP contribution >= 0.6 is 27.3 Å². The number of carbonyl (C=O) groups is 2. The summed E-state index contributed by atoms with van der Waals surface area (Å²) < 4.78 is 0.839. The van der Waals surface area contributed by atoms with E-state index in [-0.39, 0.29) is 11.6 Å². The number of carbonyl (C=O) groups excluding carboxylic acids is 1. The van der Waals surface area contributed by atoms with Gasteiger partial charge in [0.05, 0.1) is 15.5 Å². The largest absolute Gasteiger partial charge is 0.478 e. The average molecular weight is 368 g/mol. The lowest BCUT2D eigenvalue weighted by molar-refractivity contribution is 0.0697. The Kier molecular flexibility index (Phi) is 3.64. The number of rotatable bonds is 2. The number of anilines is 2. The second-order valence-electron chi connectivity index (χ2n) is 4.45. The maximum absolute atomic E-state index is 12.3. The summed E-state index contributed by atoms with van der Waals surface area (Å²) in [4.78, 5) is 28.9. The number of aromatic nitrogens is 1. The molecule has 2 heterocycles. The molecular formula is C13H10BrN3O3S. The molecular weight excluding hydrogens is 358 g/mol. The molecule has 8 heteroatoms. The molecule has 2 N–H and O–H groups in total. The zero-order valence-electron chi connectivity index (χ0n) is 10.7. The molecule has 0 radical (unpaired) electrons. The van der Waals surface area contributed by atoms with Crippen LogP contribution in [0, 0.1) is 0 Å². The van der Waals surface area contributed by atoms with Crippen molar-refractivity contribution in [2.45, 2.75) is 6.42 Å². The molecule has 0 aliphatic carbocycles. The van der Waals surface area contributed by atoms with Gasteiger partial charge in [-0.15, -0.1) is 0 Å². The quantitative estimate of drug-likeness (QED) is 0.853. The highest BCUT2D eigenvalue weighted by atomic mass is 79.9. The molecule has 0 spiro atoms. The molecule has 0 atom stereocenters. The van der Waals surface area contributed by atoms with Crippen molar-refractivity contribution >= 4 is 50.1 Å². The molecule has 3 rings (SSSR count).